The molecule has 0 aromatic carbocycles. The van der Waals surface area contributed by atoms with E-state index in [4.69, 9.17) is 9.98 Å². The summed E-state index contributed by atoms with van der Waals surface area (Å²) in [6.07, 6.45) is 15.0. The molecule has 4 unspecified atom stereocenters. The molecule has 4 heteroatoms. The summed E-state index contributed by atoms with van der Waals surface area (Å²) in [7, 11) is 0. The normalized spacial score (nSPS) is 36.8. The quantitative estimate of drug-likeness (QED) is 0.533. The number of hydrogen-bond acceptors (Lipinski definition) is 3. The van der Waals surface area contributed by atoms with Crippen LogP contribution in [0, 0.1) is 5.92 Å². The lowest BCUT2D eigenvalue weighted by molar-refractivity contribution is 0.173. The lowest BCUT2D eigenvalue weighted by Crippen LogP contribution is -2.60. The summed E-state index contributed by atoms with van der Waals surface area (Å²) in [5, 5.41) is 6.37. The number of fused-ring (bicyclic) bond motifs is 6. The molecule has 4 nitrogen and oxygen atoms in total. The van der Waals surface area contributed by atoms with Gasteiger partial charge in [0.1, 0.15) is 0 Å². The SMILES string of the molecule is CCC1=C(C)C2(CC)N=C1/C=c1/cc/c([nH]1)=C/C1=NC(=C\C3(C)NC(CC)(C(C)=C3CC)C2C)/C=C1. The molecule has 1 aromatic heterocycles. The van der Waals surface area contributed by atoms with Crippen molar-refractivity contribution in [2.75, 3.05) is 0 Å². The van der Waals surface area contributed by atoms with E-state index in [1.54, 1.807) is 0 Å². The molecule has 190 valence electrons. The lowest BCUT2D eigenvalue weighted by Gasteiger charge is -2.48. The zero-order valence-electron chi connectivity index (χ0n) is 23.3. The third-order valence-electron chi connectivity index (χ3n) is 9.67. The maximum Gasteiger partial charge on any atom is 0.0871 e. The average Bonchev–Trinajstić information content (AvgIpc) is 3.59. The van der Waals surface area contributed by atoms with Crippen LogP contribution in [0.2, 0.25) is 0 Å². The molecule has 36 heavy (non-hydrogen) atoms. The third kappa shape index (κ3) is 3.44. The number of aromatic nitrogens is 1. The van der Waals surface area contributed by atoms with Crippen LogP contribution in [0.3, 0.4) is 0 Å². The Morgan fingerprint density at radius 3 is 2.28 bits per heavy atom. The van der Waals surface area contributed by atoms with Crippen LogP contribution < -0.4 is 16.0 Å². The number of H-pyrrole nitrogens is 1. The van der Waals surface area contributed by atoms with Crippen molar-refractivity contribution >= 4 is 23.6 Å². The van der Waals surface area contributed by atoms with Crippen molar-refractivity contribution in [3.63, 3.8) is 0 Å². The van der Waals surface area contributed by atoms with Gasteiger partial charge in [0, 0.05) is 22.2 Å². The Kier molecular flexibility index (Phi) is 6.02. The van der Waals surface area contributed by atoms with Gasteiger partial charge in [-0.15, -0.1) is 0 Å². The Labute approximate surface area is 216 Å². The van der Waals surface area contributed by atoms with Crippen molar-refractivity contribution in [1.82, 2.24) is 10.3 Å². The van der Waals surface area contributed by atoms with Crippen molar-refractivity contribution in [3.05, 3.63) is 69.0 Å². The van der Waals surface area contributed by atoms with E-state index in [2.05, 4.69) is 108 Å². The van der Waals surface area contributed by atoms with Gasteiger partial charge in [-0.05, 0) is 106 Å². The van der Waals surface area contributed by atoms with Crippen LogP contribution in [-0.2, 0) is 0 Å². The van der Waals surface area contributed by atoms with Crippen molar-refractivity contribution in [2.24, 2.45) is 15.9 Å². The predicted molar refractivity (Wildman–Crippen MR) is 154 cm³/mol. The fraction of sp³-hybridized carbons (Fsp3) is 0.500. The Hall–Kier alpha value is -2.72. The summed E-state index contributed by atoms with van der Waals surface area (Å²) in [6.45, 7) is 18.7. The second kappa shape index (κ2) is 8.69. The molecule has 4 aliphatic rings. The van der Waals surface area contributed by atoms with Gasteiger partial charge < -0.3 is 4.98 Å². The molecule has 5 rings (SSSR count). The molecule has 0 radical (unpaired) electrons. The van der Waals surface area contributed by atoms with Crippen molar-refractivity contribution in [3.8, 4) is 0 Å². The van der Waals surface area contributed by atoms with Gasteiger partial charge in [0.25, 0.3) is 0 Å². The van der Waals surface area contributed by atoms with Crippen LogP contribution >= 0.6 is 0 Å². The molecule has 0 saturated heterocycles. The Morgan fingerprint density at radius 2 is 1.64 bits per heavy atom. The van der Waals surface area contributed by atoms with E-state index in [0.29, 0.717) is 0 Å². The van der Waals surface area contributed by atoms with Crippen molar-refractivity contribution in [1.29, 1.82) is 0 Å². The summed E-state index contributed by atoms with van der Waals surface area (Å²) < 4.78 is 0. The summed E-state index contributed by atoms with van der Waals surface area (Å²) in [4.78, 5) is 14.2. The van der Waals surface area contributed by atoms with E-state index in [1.165, 1.54) is 22.3 Å². The molecule has 0 amide bonds. The van der Waals surface area contributed by atoms with Gasteiger partial charge in [0.15, 0.2) is 0 Å². The van der Waals surface area contributed by atoms with Gasteiger partial charge in [-0.2, -0.15) is 0 Å². The maximum atomic E-state index is 5.62. The minimum absolute atomic E-state index is 0.149. The molecule has 8 bridgehead atoms. The fourth-order valence-corrected chi connectivity index (χ4v) is 7.76. The fourth-order valence-electron chi connectivity index (χ4n) is 7.76. The van der Waals surface area contributed by atoms with Crippen LogP contribution in [0.4, 0.5) is 0 Å². The molecule has 2 N–H and O–H groups in total. The first-order valence-electron chi connectivity index (χ1n) is 13.8. The molecule has 0 spiro atoms. The number of aliphatic imine (C=N–C) groups is 2. The molecule has 4 atom stereocenters. The van der Waals surface area contributed by atoms with E-state index >= 15 is 0 Å². The van der Waals surface area contributed by atoms with Gasteiger partial charge in [-0.25, -0.2) is 4.99 Å². The Bertz CT molecular complexity index is 1410. The minimum atomic E-state index is -0.254. The van der Waals surface area contributed by atoms with Gasteiger partial charge >= 0.3 is 0 Å². The first-order chi connectivity index (χ1) is 17.2. The molecule has 1 aromatic rings. The molecular weight excluding hydrogens is 440 g/mol. The molecule has 5 heterocycles. The highest BCUT2D eigenvalue weighted by molar-refractivity contribution is 6.22. The van der Waals surface area contributed by atoms with Crippen LogP contribution in [0.25, 0.3) is 12.2 Å². The number of rotatable bonds is 4. The van der Waals surface area contributed by atoms with Gasteiger partial charge in [0.05, 0.1) is 28.2 Å². The van der Waals surface area contributed by atoms with Gasteiger partial charge in [-0.1, -0.05) is 40.2 Å². The van der Waals surface area contributed by atoms with Crippen molar-refractivity contribution in [2.45, 2.75) is 97.7 Å². The molecule has 0 fully saturated rings. The topological polar surface area (TPSA) is 52.5 Å². The number of nitrogens with zero attached hydrogens (tertiary/aromatic N) is 2. The standard InChI is InChI=1S/C32H42N4/c1-9-27-20(5)31(11-3)22(7)32(12-4)21(6)28(10-2)30(8,36-32)19-26-16-15-24(34-26)17-23-13-14-25(33-23)18-29(27)35-31/h13-19,22,33,36H,9-12H2,1-8H3/b23-17-,25-18-,26-19-. The van der Waals surface area contributed by atoms with Crippen LogP contribution in [0.1, 0.15) is 81.1 Å². The summed E-state index contributed by atoms with van der Waals surface area (Å²) >= 11 is 0. The average molecular weight is 483 g/mol. The summed E-state index contributed by atoms with van der Waals surface area (Å²) in [6, 6.07) is 4.28. The van der Waals surface area contributed by atoms with Gasteiger partial charge in [-0.3, -0.25) is 10.3 Å². The number of aromatic amines is 1. The van der Waals surface area contributed by atoms with Crippen LogP contribution in [0.5, 0.6) is 0 Å². The predicted octanol–water partition coefficient (Wildman–Crippen LogP) is 5.69. The number of hydrogen-bond donors (Lipinski definition) is 2. The Morgan fingerprint density at radius 1 is 0.917 bits per heavy atom. The first kappa shape index (κ1) is 25.0. The molecule has 4 aliphatic heterocycles. The van der Waals surface area contributed by atoms with Crippen LogP contribution in [0.15, 0.2) is 68.3 Å². The first-order valence-corrected chi connectivity index (χ1v) is 13.8. The lowest BCUT2D eigenvalue weighted by atomic mass is 9.64. The maximum absolute atomic E-state index is 5.62. The number of allylic oxidation sites excluding steroid dienone is 3. The largest absolute Gasteiger partial charge is 0.355 e. The third-order valence-corrected chi connectivity index (χ3v) is 9.67. The summed E-state index contributed by atoms with van der Waals surface area (Å²) in [5.74, 6) is 0.285. The smallest absolute Gasteiger partial charge is 0.0871 e. The van der Waals surface area contributed by atoms with E-state index < -0.39 is 0 Å². The zero-order chi connectivity index (χ0) is 25.9. The van der Waals surface area contributed by atoms with E-state index in [9.17, 15) is 0 Å². The highest BCUT2D eigenvalue weighted by Gasteiger charge is 2.57. The highest BCUT2D eigenvalue weighted by Crippen LogP contribution is 2.53. The molecule has 0 aliphatic carbocycles. The summed E-state index contributed by atoms with van der Waals surface area (Å²) in [5.41, 5.74) is 8.30. The minimum Gasteiger partial charge on any atom is -0.355 e. The molecular formula is C32H42N4. The Balaban J connectivity index is 1.84. The highest BCUT2D eigenvalue weighted by atomic mass is 15.1. The number of nitrogens with one attached hydrogen (secondary N) is 2. The van der Waals surface area contributed by atoms with E-state index in [-0.39, 0.29) is 22.5 Å². The second-order valence-electron chi connectivity index (χ2n) is 11.2. The second-order valence-corrected chi connectivity index (χ2v) is 11.2. The van der Waals surface area contributed by atoms with Crippen molar-refractivity contribution < 1.29 is 0 Å². The van der Waals surface area contributed by atoms with E-state index in [0.717, 1.165) is 53.5 Å². The van der Waals surface area contributed by atoms with E-state index in [1.807, 2.05) is 0 Å². The zero-order valence-corrected chi connectivity index (χ0v) is 23.3. The monoisotopic (exact) mass is 482 g/mol. The molecule has 0 saturated carbocycles. The van der Waals surface area contributed by atoms with Gasteiger partial charge in [0.2, 0.25) is 0 Å². The van der Waals surface area contributed by atoms with Crippen LogP contribution in [-0.4, -0.2) is 33.0 Å².